The summed E-state index contributed by atoms with van der Waals surface area (Å²) < 4.78 is 0. The molecule has 1 aromatic carbocycles. The molecule has 0 radical (unpaired) electrons. The molecule has 0 bridgehead atoms. The van der Waals surface area contributed by atoms with E-state index in [2.05, 4.69) is 46.7 Å². The molecule has 0 amide bonds. The van der Waals surface area contributed by atoms with Crippen LogP contribution in [0.5, 0.6) is 0 Å². The topological polar surface area (TPSA) is 6.48 Å². The Labute approximate surface area is 104 Å². The fraction of sp³-hybridized carbons (Fsp3) is 0.467. The first-order valence-corrected chi connectivity index (χ1v) is 6.48. The summed E-state index contributed by atoms with van der Waals surface area (Å²) >= 11 is 0. The summed E-state index contributed by atoms with van der Waals surface area (Å²) in [7, 11) is 0. The van der Waals surface area contributed by atoms with Gasteiger partial charge in [0.1, 0.15) is 0 Å². The van der Waals surface area contributed by atoms with Crippen LogP contribution in [-0.2, 0) is 6.54 Å². The lowest BCUT2D eigenvalue weighted by molar-refractivity contribution is 0.0996. The molecule has 2 aliphatic rings. The Morgan fingerprint density at radius 3 is 2.82 bits per heavy atom. The number of fused-ring (bicyclic) bond motifs is 1. The van der Waals surface area contributed by atoms with Crippen molar-refractivity contribution < 1.29 is 0 Å². The van der Waals surface area contributed by atoms with Crippen LogP contribution >= 0.6 is 0 Å². The van der Waals surface area contributed by atoms with Gasteiger partial charge in [-0.05, 0) is 12.0 Å². The summed E-state index contributed by atoms with van der Waals surface area (Å²) in [6.45, 7) is 9.95. The van der Waals surface area contributed by atoms with E-state index in [9.17, 15) is 0 Å². The SMILES string of the molecule is C=C1C[C@H]2CN(Cc3ccccc3)CCN2C1. The second kappa shape index (κ2) is 4.63. The minimum atomic E-state index is 0.722. The molecule has 2 saturated heterocycles. The lowest BCUT2D eigenvalue weighted by Gasteiger charge is -2.37. The van der Waals surface area contributed by atoms with Crippen LogP contribution in [0.3, 0.4) is 0 Å². The van der Waals surface area contributed by atoms with Crippen molar-refractivity contribution in [2.75, 3.05) is 26.2 Å². The van der Waals surface area contributed by atoms with Gasteiger partial charge in [-0.2, -0.15) is 0 Å². The van der Waals surface area contributed by atoms with Crippen molar-refractivity contribution in [1.29, 1.82) is 0 Å². The fourth-order valence-corrected chi connectivity index (χ4v) is 3.03. The van der Waals surface area contributed by atoms with Gasteiger partial charge in [0, 0.05) is 38.8 Å². The van der Waals surface area contributed by atoms with Crippen molar-refractivity contribution in [3.63, 3.8) is 0 Å². The average Bonchev–Trinajstić information content (AvgIpc) is 2.70. The van der Waals surface area contributed by atoms with Crippen molar-refractivity contribution >= 4 is 0 Å². The Balaban J connectivity index is 1.61. The van der Waals surface area contributed by atoms with Crippen LogP contribution in [-0.4, -0.2) is 42.0 Å². The first kappa shape index (κ1) is 11.0. The summed E-state index contributed by atoms with van der Waals surface area (Å²) in [6.07, 6.45) is 1.20. The molecule has 0 saturated carbocycles. The van der Waals surface area contributed by atoms with Gasteiger partial charge in [0.25, 0.3) is 0 Å². The van der Waals surface area contributed by atoms with Gasteiger partial charge in [-0.25, -0.2) is 0 Å². The maximum atomic E-state index is 4.13. The third-order valence-electron chi connectivity index (χ3n) is 3.89. The molecule has 2 nitrogen and oxygen atoms in total. The molecule has 1 aromatic rings. The number of benzene rings is 1. The Morgan fingerprint density at radius 1 is 1.18 bits per heavy atom. The second-order valence-electron chi connectivity index (χ2n) is 5.30. The van der Waals surface area contributed by atoms with E-state index in [-0.39, 0.29) is 0 Å². The molecule has 0 N–H and O–H groups in total. The molecular formula is C15H20N2. The van der Waals surface area contributed by atoms with Crippen molar-refractivity contribution in [1.82, 2.24) is 9.80 Å². The highest BCUT2D eigenvalue weighted by atomic mass is 15.3. The van der Waals surface area contributed by atoms with Gasteiger partial charge in [0.2, 0.25) is 0 Å². The molecule has 0 aromatic heterocycles. The highest BCUT2D eigenvalue weighted by Gasteiger charge is 2.31. The summed E-state index contributed by atoms with van der Waals surface area (Å²) in [6, 6.07) is 11.5. The van der Waals surface area contributed by atoms with Gasteiger partial charge >= 0.3 is 0 Å². The predicted molar refractivity (Wildman–Crippen MR) is 70.8 cm³/mol. The fourth-order valence-electron chi connectivity index (χ4n) is 3.03. The second-order valence-corrected chi connectivity index (χ2v) is 5.30. The summed E-state index contributed by atoms with van der Waals surface area (Å²) in [5, 5.41) is 0. The Bertz CT molecular complexity index is 399. The zero-order valence-electron chi connectivity index (χ0n) is 10.3. The Hall–Kier alpha value is -1.12. The maximum absolute atomic E-state index is 4.13. The molecule has 2 heteroatoms. The molecule has 1 atom stereocenters. The highest BCUT2D eigenvalue weighted by molar-refractivity contribution is 5.15. The van der Waals surface area contributed by atoms with Crippen molar-refractivity contribution in [2.24, 2.45) is 0 Å². The molecule has 0 aliphatic carbocycles. The van der Waals surface area contributed by atoms with Crippen LogP contribution in [0.2, 0.25) is 0 Å². The molecule has 17 heavy (non-hydrogen) atoms. The van der Waals surface area contributed by atoms with Gasteiger partial charge in [-0.15, -0.1) is 0 Å². The van der Waals surface area contributed by atoms with Crippen LogP contribution in [0.4, 0.5) is 0 Å². The summed E-state index contributed by atoms with van der Waals surface area (Å²) in [4.78, 5) is 5.17. The first-order chi connectivity index (χ1) is 8.31. The van der Waals surface area contributed by atoms with Gasteiger partial charge < -0.3 is 0 Å². The van der Waals surface area contributed by atoms with E-state index in [1.807, 2.05) is 0 Å². The Morgan fingerprint density at radius 2 is 2.00 bits per heavy atom. The Kier molecular flexibility index (Phi) is 3.00. The normalized spacial score (nSPS) is 26.1. The molecule has 2 fully saturated rings. The maximum Gasteiger partial charge on any atom is 0.0264 e. The van der Waals surface area contributed by atoms with E-state index >= 15 is 0 Å². The molecule has 3 rings (SSSR count). The quantitative estimate of drug-likeness (QED) is 0.716. The van der Waals surface area contributed by atoms with E-state index in [0.717, 1.165) is 19.1 Å². The van der Waals surface area contributed by atoms with E-state index in [1.54, 1.807) is 0 Å². The number of hydrogen-bond acceptors (Lipinski definition) is 2. The zero-order valence-corrected chi connectivity index (χ0v) is 10.3. The van der Waals surface area contributed by atoms with Gasteiger partial charge in [-0.1, -0.05) is 42.5 Å². The number of hydrogen-bond donors (Lipinski definition) is 0. The smallest absolute Gasteiger partial charge is 0.0264 e. The third-order valence-corrected chi connectivity index (χ3v) is 3.89. The van der Waals surface area contributed by atoms with Crippen molar-refractivity contribution in [3.8, 4) is 0 Å². The van der Waals surface area contributed by atoms with E-state index in [0.29, 0.717) is 0 Å². The van der Waals surface area contributed by atoms with E-state index < -0.39 is 0 Å². The first-order valence-electron chi connectivity index (χ1n) is 6.48. The third kappa shape index (κ3) is 2.43. The summed E-state index contributed by atoms with van der Waals surface area (Å²) in [5.41, 5.74) is 2.84. The number of nitrogens with zero attached hydrogens (tertiary/aromatic N) is 2. The largest absolute Gasteiger partial charge is 0.296 e. The van der Waals surface area contributed by atoms with Crippen LogP contribution in [0.1, 0.15) is 12.0 Å². The number of rotatable bonds is 2. The van der Waals surface area contributed by atoms with Crippen LogP contribution in [0, 0.1) is 0 Å². The molecular weight excluding hydrogens is 208 g/mol. The van der Waals surface area contributed by atoms with Crippen LogP contribution < -0.4 is 0 Å². The standard InChI is InChI=1S/C15H20N2/c1-13-9-15-12-16(7-8-17(15)10-13)11-14-5-3-2-4-6-14/h2-6,15H,1,7-12H2/t15-/m0/s1. The van der Waals surface area contributed by atoms with Crippen molar-refractivity contribution in [2.45, 2.75) is 19.0 Å². The summed E-state index contributed by atoms with van der Waals surface area (Å²) in [5.74, 6) is 0. The molecule has 2 heterocycles. The van der Waals surface area contributed by atoms with Crippen molar-refractivity contribution in [3.05, 3.63) is 48.0 Å². The van der Waals surface area contributed by atoms with Crippen LogP contribution in [0.25, 0.3) is 0 Å². The lowest BCUT2D eigenvalue weighted by atomic mass is 10.1. The molecule has 0 unspecified atom stereocenters. The number of piperazine rings is 1. The van der Waals surface area contributed by atoms with E-state index in [1.165, 1.54) is 37.2 Å². The zero-order chi connectivity index (χ0) is 11.7. The molecule has 2 aliphatic heterocycles. The van der Waals surface area contributed by atoms with Crippen LogP contribution in [0.15, 0.2) is 42.5 Å². The predicted octanol–water partition coefficient (Wildman–Crippen LogP) is 2.13. The minimum absolute atomic E-state index is 0.722. The minimum Gasteiger partial charge on any atom is -0.296 e. The highest BCUT2D eigenvalue weighted by Crippen LogP contribution is 2.25. The van der Waals surface area contributed by atoms with Gasteiger partial charge in [0.15, 0.2) is 0 Å². The van der Waals surface area contributed by atoms with Gasteiger partial charge in [0.05, 0.1) is 0 Å². The van der Waals surface area contributed by atoms with E-state index in [4.69, 9.17) is 0 Å². The molecule has 0 spiro atoms. The monoisotopic (exact) mass is 228 g/mol. The van der Waals surface area contributed by atoms with Gasteiger partial charge in [-0.3, -0.25) is 9.80 Å². The average molecular weight is 228 g/mol. The lowest BCUT2D eigenvalue weighted by Crippen LogP contribution is -2.49. The molecule has 90 valence electrons.